The predicted molar refractivity (Wildman–Crippen MR) is 261 cm³/mol. The normalized spacial score (nSPS) is 19.9. The average molecular weight is 1100 g/mol. The van der Waals surface area contributed by atoms with Crippen LogP contribution in [0, 0.1) is 34.3 Å². The Kier molecular flexibility index (Phi) is 18.0. The van der Waals surface area contributed by atoms with Crippen LogP contribution in [-0.2, 0) is 41.5 Å². The quantitative estimate of drug-likeness (QED) is 0.0612. The Bertz CT molecular complexity index is 2620. The summed E-state index contributed by atoms with van der Waals surface area (Å²) in [5.74, 6) is 1.16. The second kappa shape index (κ2) is 23.7. The molecule has 2 aromatic carbocycles. The SMILES string of the molecule is COC(=O)N[C@H](C(=O)N[C@@H](Cc1ccc(C#Cc2ccc(N3CC4CCC(C3)N4C3COC3)nc2)cc1)[C@@H](O)CN(Cc1c(F)cc(C2COC2)cc1F)NC(=O)[C@@H](NC(=O)OC)C(C)(C)C(F)(F)F)C(C)(C)C(F)(F)F. The number of benzene rings is 2. The zero-order valence-electron chi connectivity index (χ0n) is 43.1. The van der Waals surface area contributed by atoms with E-state index in [0.717, 1.165) is 71.3 Å². The van der Waals surface area contributed by atoms with Crippen molar-refractivity contribution in [3.63, 3.8) is 0 Å². The molecule has 2 bridgehead atoms. The first-order valence-corrected chi connectivity index (χ1v) is 24.8. The van der Waals surface area contributed by atoms with Gasteiger partial charge in [-0.2, -0.15) is 26.3 Å². The zero-order chi connectivity index (χ0) is 56.2. The van der Waals surface area contributed by atoms with Crippen LogP contribution in [0.25, 0.3) is 0 Å². The van der Waals surface area contributed by atoms with Crippen LogP contribution in [0.5, 0.6) is 0 Å². The number of methoxy groups -OCH3 is 2. The highest BCUT2D eigenvalue weighted by atomic mass is 19.4. The highest BCUT2D eigenvalue weighted by Gasteiger charge is 2.57. The van der Waals surface area contributed by atoms with Gasteiger partial charge in [-0.05, 0) is 94.5 Å². The minimum atomic E-state index is -5.17. The molecule has 0 aliphatic carbocycles. The van der Waals surface area contributed by atoms with Gasteiger partial charge in [-0.1, -0.05) is 24.0 Å². The summed E-state index contributed by atoms with van der Waals surface area (Å²) in [5.41, 5.74) is -3.01. The first-order valence-electron chi connectivity index (χ1n) is 24.8. The highest BCUT2D eigenvalue weighted by molar-refractivity contribution is 5.87. The minimum absolute atomic E-state index is 0.165. The fraction of sp³-hybridized carbons (Fsp3) is 0.558. The summed E-state index contributed by atoms with van der Waals surface area (Å²) < 4.78 is 138. The van der Waals surface area contributed by atoms with Gasteiger partial charge in [0, 0.05) is 67.1 Å². The number of aliphatic hydroxyl groups is 1. The van der Waals surface area contributed by atoms with Crippen molar-refractivity contribution in [2.24, 2.45) is 10.8 Å². The first-order chi connectivity index (χ1) is 36.2. The lowest BCUT2D eigenvalue weighted by atomic mass is 9.82. The van der Waals surface area contributed by atoms with Gasteiger partial charge >= 0.3 is 24.5 Å². The number of alkyl halides is 6. The van der Waals surface area contributed by atoms with Crippen molar-refractivity contribution in [3.8, 4) is 11.8 Å². The average Bonchev–Trinajstić information content (AvgIpc) is 3.56. The van der Waals surface area contributed by atoms with Crippen molar-refractivity contribution in [2.45, 2.75) is 114 Å². The number of ether oxygens (including phenoxy) is 4. The van der Waals surface area contributed by atoms with Crippen LogP contribution in [0.15, 0.2) is 54.7 Å². The van der Waals surface area contributed by atoms with Crippen molar-refractivity contribution in [1.29, 1.82) is 0 Å². The molecular formula is C52H62F8N8O9. The number of halogens is 8. The lowest BCUT2D eigenvalue weighted by Crippen LogP contribution is -2.63. The van der Waals surface area contributed by atoms with E-state index in [9.17, 15) is 50.6 Å². The van der Waals surface area contributed by atoms with E-state index < -0.39 is 108 Å². The number of hydrazine groups is 1. The molecule has 0 saturated carbocycles. The molecule has 4 aliphatic rings. The van der Waals surface area contributed by atoms with E-state index in [-0.39, 0.29) is 24.7 Å². The van der Waals surface area contributed by atoms with Gasteiger partial charge in [-0.25, -0.2) is 28.4 Å². The molecule has 77 heavy (non-hydrogen) atoms. The lowest BCUT2D eigenvalue weighted by molar-refractivity contribution is -0.221. The fourth-order valence-electron chi connectivity index (χ4n) is 9.61. The summed E-state index contributed by atoms with van der Waals surface area (Å²) in [6.45, 7) is 4.01. The maximum atomic E-state index is 15.9. The summed E-state index contributed by atoms with van der Waals surface area (Å²) in [5, 5.41) is 18.7. The second-order valence-corrected chi connectivity index (χ2v) is 20.8. The molecule has 4 saturated heterocycles. The smallest absolute Gasteiger partial charge is 0.407 e. The van der Waals surface area contributed by atoms with E-state index >= 15 is 8.78 Å². The maximum absolute atomic E-state index is 15.9. The molecule has 17 nitrogen and oxygen atoms in total. The number of carbonyl (C=O) groups excluding carboxylic acids is 4. The number of fused-ring (bicyclic) bond motifs is 2. The van der Waals surface area contributed by atoms with Gasteiger partial charge in [0.1, 0.15) is 29.5 Å². The van der Waals surface area contributed by atoms with E-state index in [4.69, 9.17) is 9.47 Å². The number of nitrogens with one attached hydrogen (secondary N) is 4. The van der Waals surface area contributed by atoms with Crippen LogP contribution < -0.4 is 26.3 Å². The molecular weight excluding hydrogens is 1030 g/mol. The fourth-order valence-corrected chi connectivity index (χ4v) is 9.61. The van der Waals surface area contributed by atoms with Crippen molar-refractivity contribution in [1.82, 2.24) is 36.3 Å². The van der Waals surface area contributed by atoms with Crippen LogP contribution in [0.2, 0.25) is 0 Å². The van der Waals surface area contributed by atoms with Crippen LogP contribution in [0.3, 0.4) is 0 Å². The number of amides is 4. The summed E-state index contributed by atoms with van der Waals surface area (Å²) in [6, 6.07) is 6.75. The number of aliphatic hydroxyl groups excluding tert-OH is 1. The molecule has 5 N–H and O–H groups in total. The van der Waals surface area contributed by atoms with Crippen LogP contribution in [0.1, 0.15) is 74.3 Å². The molecule has 6 atom stereocenters. The van der Waals surface area contributed by atoms with Gasteiger partial charge in [0.2, 0.25) is 5.91 Å². The van der Waals surface area contributed by atoms with E-state index in [0.29, 0.717) is 67.5 Å². The molecule has 2 unspecified atom stereocenters. The van der Waals surface area contributed by atoms with E-state index in [1.165, 1.54) is 12.1 Å². The maximum Gasteiger partial charge on any atom is 0.407 e. The Morgan fingerprint density at radius 3 is 1.74 bits per heavy atom. The summed E-state index contributed by atoms with van der Waals surface area (Å²) in [4.78, 5) is 62.3. The number of anilines is 1. The summed E-state index contributed by atoms with van der Waals surface area (Å²) in [6.07, 6.45) is -11.7. The first kappa shape index (κ1) is 58.4. The topological polar surface area (TPSA) is 196 Å². The number of nitrogens with zero attached hydrogens (tertiary/aromatic N) is 4. The molecule has 1 aromatic heterocycles. The zero-order valence-corrected chi connectivity index (χ0v) is 43.1. The molecule has 5 heterocycles. The molecule has 4 aliphatic heterocycles. The molecule has 0 radical (unpaired) electrons. The largest absolute Gasteiger partial charge is 0.453 e. The van der Waals surface area contributed by atoms with E-state index in [2.05, 4.69) is 46.8 Å². The minimum Gasteiger partial charge on any atom is -0.453 e. The number of hydrogen-bond donors (Lipinski definition) is 5. The standard InChI is InChI=1S/C52H62F8N8O9/c1-49(2,51(55,56)57)43(63-47(72)74-5)45(70)62-40(17-30-10-7-29(8-11-30)9-12-31-13-16-42(61-20-31)66-21-34-14-15-35(22-66)68(34)36-27-77-28-36)41(69)24-67(23-37-38(53)18-32(19-39(37)54)33-25-76-26-33)65-46(71)44(64-48(73)75-6)50(3,4)52(58,59)60/h7-8,10-11,13,16,18-20,33-36,40-41,43-44,69H,14-15,17,21-28H2,1-6H3,(H,62,70)(H,63,72)(H,64,73)(H,65,71)/t34?,35?,40-,41-,43+,44+/m0/s1. The number of pyridine rings is 1. The van der Waals surface area contributed by atoms with Crippen molar-refractivity contribution in [2.75, 3.05) is 65.2 Å². The van der Waals surface area contributed by atoms with Gasteiger partial charge in [0.05, 0.1) is 69.7 Å². The predicted octanol–water partition coefficient (Wildman–Crippen LogP) is 5.47. The number of rotatable bonds is 18. The Balaban J connectivity index is 1.16. The van der Waals surface area contributed by atoms with Crippen LogP contribution >= 0.6 is 0 Å². The van der Waals surface area contributed by atoms with Crippen molar-refractivity contribution >= 4 is 29.8 Å². The highest BCUT2D eigenvalue weighted by Crippen LogP contribution is 2.42. The number of piperazine rings is 1. The summed E-state index contributed by atoms with van der Waals surface area (Å²) >= 11 is 0. The van der Waals surface area contributed by atoms with Crippen molar-refractivity contribution < 1.29 is 78.4 Å². The number of alkyl carbamates (subject to hydrolysis) is 2. The third kappa shape index (κ3) is 13.5. The Hall–Kier alpha value is -6.33. The van der Waals surface area contributed by atoms with Gasteiger partial charge in [0.15, 0.2) is 0 Å². The third-order valence-corrected chi connectivity index (χ3v) is 14.8. The van der Waals surface area contributed by atoms with E-state index in [1.54, 1.807) is 18.3 Å². The summed E-state index contributed by atoms with van der Waals surface area (Å²) in [7, 11) is 1.67. The van der Waals surface area contributed by atoms with Crippen LogP contribution in [-0.4, -0.2) is 159 Å². The number of aromatic nitrogens is 1. The van der Waals surface area contributed by atoms with E-state index in [1.807, 2.05) is 22.8 Å². The third-order valence-electron chi connectivity index (χ3n) is 14.8. The van der Waals surface area contributed by atoms with Gasteiger partial charge in [0.25, 0.3) is 5.91 Å². The van der Waals surface area contributed by atoms with Gasteiger partial charge in [-0.15, -0.1) is 0 Å². The number of hydrogen-bond acceptors (Lipinski definition) is 13. The molecule has 3 aromatic rings. The Morgan fingerprint density at radius 1 is 0.753 bits per heavy atom. The van der Waals surface area contributed by atoms with Crippen molar-refractivity contribution in [3.05, 3.63) is 94.2 Å². The molecule has 420 valence electrons. The molecule has 7 rings (SSSR count). The lowest BCUT2D eigenvalue weighted by Gasteiger charge is -2.47. The number of carbonyl (C=O) groups is 4. The second-order valence-electron chi connectivity index (χ2n) is 20.8. The molecule has 25 heteroatoms. The van der Waals surface area contributed by atoms with Crippen LogP contribution in [0.4, 0.5) is 50.5 Å². The monoisotopic (exact) mass is 1090 g/mol. The molecule has 4 amide bonds. The van der Waals surface area contributed by atoms with Gasteiger partial charge in [-0.3, -0.25) is 19.9 Å². The van der Waals surface area contributed by atoms with Gasteiger partial charge < -0.3 is 44.9 Å². The Labute approximate surface area is 439 Å². The molecule has 0 spiro atoms. The Morgan fingerprint density at radius 2 is 1.27 bits per heavy atom. The molecule has 4 fully saturated rings.